The molecule has 0 spiro atoms. The van der Waals surface area contributed by atoms with Gasteiger partial charge in [-0.2, -0.15) is 0 Å². The Bertz CT molecular complexity index is 449. The fraction of sp³-hybridized carbons (Fsp3) is 0. The van der Waals surface area contributed by atoms with E-state index in [-0.39, 0.29) is 0 Å². The molecule has 0 bridgehead atoms. The molecule has 0 saturated heterocycles. The number of pyridine rings is 1. The molecule has 2 heterocycles. The van der Waals surface area contributed by atoms with Crippen molar-refractivity contribution in [1.29, 1.82) is 0 Å². The van der Waals surface area contributed by atoms with Gasteiger partial charge in [0, 0.05) is 30.4 Å². The van der Waals surface area contributed by atoms with Crippen LogP contribution < -0.4 is 5.73 Å². The number of aromatic nitrogens is 3. The quantitative estimate of drug-likeness (QED) is 0.721. The first kappa shape index (κ1) is 8.43. The topological polar surface area (TPSA) is 73.8 Å². The summed E-state index contributed by atoms with van der Waals surface area (Å²) in [5, 5.41) is 0. The van der Waals surface area contributed by atoms with E-state index in [1.165, 1.54) is 17.0 Å². The Morgan fingerprint density at radius 2 is 2.29 bits per heavy atom. The third-order valence-electron chi connectivity index (χ3n) is 1.80. The SMILES string of the molecule is NC(=O)n1ccnc1-c1cccnc1. The Labute approximate surface area is 80.2 Å². The minimum atomic E-state index is -0.554. The van der Waals surface area contributed by atoms with Crippen molar-refractivity contribution in [3.05, 3.63) is 36.9 Å². The number of hydrogen-bond acceptors (Lipinski definition) is 3. The molecule has 0 saturated carbocycles. The highest BCUT2D eigenvalue weighted by Gasteiger charge is 2.08. The molecule has 0 aromatic carbocycles. The number of carbonyl (C=O) groups is 1. The smallest absolute Gasteiger partial charge is 0.324 e. The normalized spacial score (nSPS) is 10.0. The summed E-state index contributed by atoms with van der Waals surface area (Å²) in [6.07, 6.45) is 6.32. The largest absolute Gasteiger partial charge is 0.351 e. The monoisotopic (exact) mass is 188 g/mol. The van der Waals surface area contributed by atoms with E-state index in [2.05, 4.69) is 9.97 Å². The number of nitrogens with zero attached hydrogens (tertiary/aromatic N) is 3. The molecule has 0 unspecified atom stereocenters. The van der Waals surface area contributed by atoms with Crippen molar-refractivity contribution in [3.63, 3.8) is 0 Å². The molecule has 5 nitrogen and oxygen atoms in total. The number of rotatable bonds is 1. The standard InChI is InChI=1S/C9H8N4O/c10-9(14)13-5-4-12-8(13)7-2-1-3-11-6-7/h1-6H,(H2,10,14). The molecular weight excluding hydrogens is 180 g/mol. The average Bonchev–Trinajstić information content (AvgIpc) is 2.67. The minimum absolute atomic E-state index is 0.505. The van der Waals surface area contributed by atoms with Gasteiger partial charge in [0.2, 0.25) is 0 Å². The number of imidazole rings is 1. The van der Waals surface area contributed by atoms with Gasteiger partial charge in [-0.1, -0.05) is 0 Å². The van der Waals surface area contributed by atoms with E-state index in [0.717, 1.165) is 5.56 Å². The summed E-state index contributed by atoms with van der Waals surface area (Å²) < 4.78 is 1.27. The third kappa shape index (κ3) is 1.35. The average molecular weight is 188 g/mol. The fourth-order valence-corrected chi connectivity index (χ4v) is 1.19. The maximum absolute atomic E-state index is 11.0. The number of primary amides is 1. The lowest BCUT2D eigenvalue weighted by Crippen LogP contribution is -2.19. The fourth-order valence-electron chi connectivity index (χ4n) is 1.19. The summed E-state index contributed by atoms with van der Waals surface area (Å²) in [5.74, 6) is 0.505. The molecule has 14 heavy (non-hydrogen) atoms. The molecule has 0 fully saturated rings. The van der Waals surface area contributed by atoms with Gasteiger partial charge in [-0.25, -0.2) is 9.78 Å². The van der Waals surface area contributed by atoms with E-state index in [4.69, 9.17) is 5.73 Å². The highest BCUT2D eigenvalue weighted by atomic mass is 16.2. The minimum Gasteiger partial charge on any atom is -0.351 e. The second-order valence-corrected chi connectivity index (χ2v) is 2.70. The van der Waals surface area contributed by atoms with Gasteiger partial charge in [0.15, 0.2) is 0 Å². The van der Waals surface area contributed by atoms with E-state index in [1.807, 2.05) is 6.07 Å². The van der Waals surface area contributed by atoms with Crippen LogP contribution >= 0.6 is 0 Å². The first-order valence-electron chi connectivity index (χ1n) is 4.02. The van der Waals surface area contributed by atoms with Crippen LogP contribution in [0.3, 0.4) is 0 Å². The lowest BCUT2D eigenvalue weighted by molar-refractivity contribution is 0.250. The second-order valence-electron chi connectivity index (χ2n) is 2.70. The summed E-state index contributed by atoms with van der Waals surface area (Å²) in [7, 11) is 0. The number of carbonyl (C=O) groups excluding carboxylic acids is 1. The molecule has 0 aliphatic heterocycles. The van der Waals surface area contributed by atoms with Crippen molar-refractivity contribution >= 4 is 6.03 Å². The van der Waals surface area contributed by atoms with Crippen molar-refractivity contribution < 1.29 is 4.79 Å². The van der Waals surface area contributed by atoms with Crippen molar-refractivity contribution in [2.75, 3.05) is 0 Å². The maximum Gasteiger partial charge on any atom is 0.324 e. The van der Waals surface area contributed by atoms with Gasteiger partial charge in [0.25, 0.3) is 0 Å². The Hall–Kier alpha value is -2.17. The number of hydrogen-bond donors (Lipinski definition) is 1. The first-order chi connectivity index (χ1) is 6.79. The van der Waals surface area contributed by atoms with Gasteiger partial charge < -0.3 is 5.73 Å². The van der Waals surface area contributed by atoms with Crippen molar-refractivity contribution in [2.24, 2.45) is 5.73 Å². The number of amides is 1. The molecule has 5 heteroatoms. The predicted molar refractivity (Wildman–Crippen MR) is 50.4 cm³/mol. The highest BCUT2D eigenvalue weighted by Crippen LogP contribution is 2.14. The van der Waals surface area contributed by atoms with E-state index in [1.54, 1.807) is 18.5 Å². The predicted octanol–water partition coefficient (Wildman–Crippen LogP) is 0.872. The van der Waals surface area contributed by atoms with Crippen LogP contribution in [0.5, 0.6) is 0 Å². The maximum atomic E-state index is 11.0. The van der Waals surface area contributed by atoms with Gasteiger partial charge in [0.05, 0.1) is 0 Å². The van der Waals surface area contributed by atoms with Crippen LogP contribution in [0, 0.1) is 0 Å². The summed E-state index contributed by atoms with van der Waals surface area (Å²) in [6, 6.07) is 3.03. The molecule has 1 amide bonds. The molecule has 2 rings (SSSR count). The summed E-state index contributed by atoms with van der Waals surface area (Å²) in [5.41, 5.74) is 5.92. The zero-order valence-corrected chi connectivity index (χ0v) is 7.29. The molecule has 0 radical (unpaired) electrons. The van der Waals surface area contributed by atoms with E-state index < -0.39 is 6.03 Å². The summed E-state index contributed by atoms with van der Waals surface area (Å²) >= 11 is 0. The van der Waals surface area contributed by atoms with Crippen LogP contribution in [0.25, 0.3) is 11.4 Å². The highest BCUT2D eigenvalue weighted by molar-refractivity contribution is 5.79. The zero-order chi connectivity index (χ0) is 9.97. The van der Waals surface area contributed by atoms with Crippen molar-refractivity contribution in [1.82, 2.24) is 14.5 Å². The van der Waals surface area contributed by atoms with E-state index >= 15 is 0 Å². The lowest BCUT2D eigenvalue weighted by Gasteiger charge is -2.01. The van der Waals surface area contributed by atoms with Crippen molar-refractivity contribution in [2.45, 2.75) is 0 Å². The van der Waals surface area contributed by atoms with E-state index in [9.17, 15) is 4.79 Å². The Kier molecular flexibility index (Phi) is 1.98. The van der Waals surface area contributed by atoms with Gasteiger partial charge in [0.1, 0.15) is 5.82 Å². The lowest BCUT2D eigenvalue weighted by atomic mass is 10.3. The molecule has 70 valence electrons. The van der Waals surface area contributed by atoms with Crippen LogP contribution in [0.4, 0.5) is 4.79 Å². The van der Waals surface area contributed by atoms with Gasteiger partial charge in [-0.15, -0.1) is 0 Å². The Morgan fingerprint density at radius 1 is 1.43 bits per heavy atom. The van der Waals surface area contributed by atoms with E-state index in [0.29, 0.717) is 5.82 Å². The number of nitrogens with two attached hydrogens (primary N) is 1. The molecule has 0 aliphatic rings. The summed E-state index contributed by atoms with van der Waals surface area (Å²) in [4.78, 5) is 18.9. The Morgan fingerprint density at radius 3 is 2.93 bits per heavy atom. The van der Waals surface area contributed by atoms with Crippen LogP contribution in [0.1, 0.15) is 0 Å². The summed E-state index contributed by atoms with van der Waals surface area (Å²) in [6.45, 7) is 0. The zero-order valence-electron chi connectivity index (χ0n) is 7.29. The molecule has 0 aliphatic carbocycles. The Balaban J connectivity index is 2.52. The van der Waals surface area contributed by atoms with Gasteiger partial charge >= 0.3 is 6.03 Å². The van der Waals surface area contributed by atoms with Gasteiger partial charge in [-0.05, 0) is 12.1 Å². The molecule has 2 aromatic rings. The van der Waals surface area contributed by atoms with Crippen LogP contribution in [-0.4, -0.2) is 20.6 Å². The molecule has 2 aromatic heterocycles. The molecular formula is C9H8N4O. The van der Waals surface area contributed by atoms with Crippen LogP contribution in [0.15, 0.2) is 36.9 Å². The first-order valence-corrected chi connectivity index (χ1v) is 4.02. The van der Waals surface area contributed by atoms with Crippen LogP contribution in [0.2, 0.25) is 0 Å². The molecule has 0 atom stereocenters. The van der Waals surface area contributed by atoms with Crippen molar-refractivity contribution in [3.8, 4) is 11.4 Å². The van der Waals surface area contributed by atoms with Crippen LogP contribution in [-0.2, 0) is 0 Å². The third-order valence-corrected chi connectivity index (χ3v) is 1.80. The molecule has 2 N–H and O–H groups in total. The second kappa shape index (κ2) is 3.29. The van der Waals surface area contributed by atoms with Gasteiger partial charge in [-0.3, -0.25) is 9.55 Å².